The van der Waals surface area contributed by atoms with E-state index in [-0.39, 0.29) is 37.5 Å². The summed E-state index contributed by atoms with van der Waals surface area (Å²) in [6, 6.07) is 0. The smallest absolute Gasteiger partial charge is 0.306 e. The van der Waals surface area contributed by atoms with Gasteiger partial charge in [-0.25, -0.2) is 0 Å². The SMILES string of the molecule is CC/C=C\C/C=C\C/C=C\C/C=C\C/C=C\C/C=C\CCC(=O)OC[C@@H](COC(=O)CCCCCCC/C=C\CCCCC)OC(=O)CCCCCCCCCCCCCCCC. The van der Waals surface area contributed by atoms with Crippen molar-refractivity contribution in [3.8, 4) is 0 Å². The highest BCUT2D eigenvalue weighted by atomic mass is 16.6. The third-order valence-electron chi connectivity index (χ3n) is 10.9. The van der Waals surface area contributed by atoms with Gasteiger partial charge in [-0.05, 0) is 83.5 Å². The Bertz CT molecular complexity index is 1240. The fourth-order valence-corrected chi connectivity index (χ4v) is 6.99. The lowest BCUT2D eigenvalue weighted by Gasteiger charge is -2.18. The number of carbonyl (C=O) groups is 3. The first-order valence-corrected chi connectivity index (χ1v) is 26.1. The van der Waals surface area contributed by atoms with Crippen LogP contribution in [0.3, 0.4) is 0 Å². The molecule has 0 heterocycles. The minimum Gasteiger partial charge on any atom is -0.462 e. The second-order valence-electron chi connectivity index (χ2n) is 17.1. The van der Waals surface area contributed by atoms with E-state index in [1.165, 1.54) is 103 Å². The molecule has 0 aromatic heterocycles. The Kier molecular flexibility index (Phi) is 48.5. The molecule has 6 nitrogen and oxygen atoms in total. The Morgan fingerprint density at radius 2 is 0.651 bits per heavy atom. The Morgan fingerprint density at radius 3 is 1.10 bits per heavy atom. The van der Waals surface area contributed by atoms with E-state index in [4.69, 9.17) is 14.2 Å². The van der Waals surface area contributed by atoms with E-state index in [0.717, 1.165) is 89.9 Å². The monoisotopic (exact) mass is 877 g/mol. The summed E-state index contributed by atoms with van der Waals surface area (Å²) in [5, 5.41) is 0. The van der Waals surface area contributed by atoms with Crippen molar-refractivity contribution in [2.45, 2.75) is 245 Å². The molecule has 0 saturated carbocycles. The van der Waals surface area contributed by atoms with E-state index in [0.29, 0.717) is 19.3 Å². The van der Waals surface area contributed by atoms with E-state index in [1.807, 2.05) is 6.08 Å². The normalized spacial score (nSPS) is 12.7. The predicted octanol–water partition coefficient (Wildman–Crippen LogP) is 17.2. The van der Waals surface area contributed by atoms with Crippen LogP contribution in [-0.4, -0.2) is 37.2 Å². The summed E-state index contributed by atoms with van der Waals surface area (Å²) in [6.07, 6.45) is 65.8. The van der Waals surface area contributed by atoms with E-state index < -0.39 is 6.10 Å². The molecule has 0 amide bonds. The van der Waals surface area contributed by atoms with Crippen molar-refractivity contribution < 1.29 is 28.6 Å². The van der Waals surface area contributed by atoms with Gasteiger partial charge in [0.2, 0.25) is 0 Å². The van der Waals surface area contributed by atoms with Crippen LogP contribution in [0.5, 0.6) is 0 Å². The maximum Gasteiger partial charge on any atom is 0.306 e. The molecule has 0 radical (unpaired) electrons. The van der Waals surface area contributed by atoms with Gasteiger partial charge in [0.05, 0.1) is 0 Å². The Balaban J connectivity index is 4.49. The van der Waals surface area contributed by atoms with Crippen molar-refractivity contribution in [3.05, 3.63) is 85.1 Å². The number of ether oxygens (including phenoxy) is 3. The lowest BCUT2D eigenvalue weighted by molar-refractivity contribution is -0.166. The number of rotatable bonds is 46. The summed E-state index contributed by atoms with van der Waals surface area (Å²) in [5.41, 5.74) is 0. The van der Waals surface area contributed by atoms with Crippen molar-refractivity contribution in [1.82, 2.24) is 0 Å². The van der Waals surface area contributed by atoms with Crippen LogP contribution in [0.15, 0.2) is 85.1 Å². The van der Waals surface area contributed by atoms with Crippen molar-refractivity contribution in [2.24, 2.45) is 0 Å². The molecule has 6 heteroatoms. The molecule has 0 aliphatic carbocycles. The van der Waals surface area contributed by atoms with Crippen LogP contribution in [0.2, 0.25) is 0 Å². The average molecular weight is 877 g/mol. The predicted molar refractivity (Wildman–Crippen MR) is 270 cm³/mol. The molecule has 360 valence electrons. The van der Waals surface area contributed by atoms with Crippen LogP contribution in [0.4, 0.5) is 0 Å². The van der Waals surface area contributed by atoms with Gasteiger partial charge in [-0.1, -0.05) is 221 Å². The molecular weight excluding hydrogens is 781 g/mol. The quantitative estimate of drug-likeness (QED) is 0.0262. The molecule has 0 saturated heterocycles. The van der Waals surface area contributed by atoms with Gasteiger partial charge < -0.3 is 14.2 Å². The zero-order valence-electron chi connectivity index (χ0n) is 41.1. The van der Waals surface area contributed by atoms with Crippen LogP contribution in [0.25, 0.3) is 0 Å². The summed E-state index contributed by atoms with van der Waals surface area (Å²) >= 11 is 0. The minimum absolute atomic E-state index is 0.103. The minimum atomic E-state index is -0.807. The molecule has 1 atom stereocenters. The van der Waals surface area contributed by atoms with E-state index in [9.17, 15) is 14.4 Å². The Hall–Kier alpha value is -3.41. The summed E-state index contributed by atoms with van der Waals surface area (Å²) in [6.45, 7) is 6.43. The van der Waals surface area contributed by atoms with Crippen LogP contribution in [0.1, 0.15) is 239 Å². The molecule has 63 heavy (non-hydrogen) atoms. The highest BCUT2D eigenvalue weighted by molar-refractivity contribution is 5.71. The van der Waals surface area contributed by atoms with Gasteiger partial charge in [0.15, 0.2) is 6.10 Å². The second kappa shape index (κ2) is 51.2. The summed E-state index contributed by atoms with van der Waals surface area (Å²) < 4.78 is 16.7. The maximum absolute atomic E-state index is 12.8. The second-order valence-corrected chi connectivity index (χ2v) is 17.1. The van der Waals surface area contributed by atoms with Crippen molar-refractivity contribution in [2.75, 3.05) is 13.2 Å². The first-order valence-electron chi connectivity index (χ1n) is 26.1. The van der Waals surface area contributed by atoms with Gasteiger partial charge in [0.1, 0.15) is 13.2 Å². The van der Waals surface area contributed by atoms with Crippen LogP contribution in [-0.2, 0) is 28.6 Å². The third kappa shape index (κ3) is 49.5. The first-order chi connectivity index (χ1) is 31.0. The lowest BCUT2D eigenvalue weighted by Crippen LogP contribution is -2.30. The van der Waals surface area contributed by atoms with Gasteiger partial charge in [-0.2, -0.15) is 0 Å². The van der Waals surface area contributed by atoms with Crippen LogP contribution >= 0.6 is 0 Å². The van der Waals surface area contributed by atoms with Crippen molar-refractivity contribution >= 4 is 17.9 Å². The highest BCUT2D eigenvalue weighted by Crippen LogP contribution is 2.15. The van der Waals surface area contributed by atoms with E-state index in [1.54, 1.807) is 0 Å². The van der Waals surface area contributed by atoms with Gasteiger partial charge >= 0.3 is 17.9 Å². The molecule has 0 aromatic rings. The van der Waals surface area contributed by atoms with Crippen LogP contribution < -0.4 is 0 Å². The molecule has 0 spiro atoms. The number of unbranched alkanes of at least 4 members (excludes halogenated alkanes) is 21. The topological polar surface area (TPSA) is 78.9 Å². The van der Waals surface area contributed by atoms with Gasteiger partial charge in [-0.15, -0.1) is 0 Å². The number of allylic oxidation sites excluding steroid dienone is 14. The number of hydrogen-bond donors (Lipinski definition) is 0. The maximum atomic E-state index is 12.8. The van der Waals surface area contributed by atoms with Crippen molar-refractivity contribution in [1.29, 1.82) is 0 Å². The molecule has 0 aliphatic rings. The molecule has 0 N–H and O–H groups in total. The molecule has 0 bridgehead atoms. The summed E-state index contributed by atoms with van der Waals surface area (Å²) in [7, 11) is 0. The van der Waals surface area contributed by atoms with E-state index >= 15 is 0 Å². The van der Waals surface area contributed by atoms with Crippen LogP contribution in [0, 0.1) is 0 Å². The van der Waals surface area contributed by atoms with Crippen molar-refractivity contribution in [3.63, 3.8) is 0 Å². The fourth-order valence-electron chi connectivity index (χ4n) is 6.99. The standard InChI is InChI=1S/C57H96O6/c1-4-7-10-13-16-19-22-25-27-28-29-30-31-33-35-38-41-44-47-50-56(59)62-53-54(52-61-55(58)49-46-43-40-37-34-24-21-18-15-12-9-6-3)63-57(60)51-48-45-42-39-36-32-26-23-20-17-14-11-8-5-2/h7,10,16,18-19,21,25,27,29-30,33,35,41,44,54H,4-6,8-9,11-15,17,20,22-24,26,28,31-32,34,36-40,42-43,45-53H2,1-3H3/b10-7-,19-16-,21-18-,27-25-,30-29-,35-33-,44-41-/t54-/m1/s1. The van der Waals surface area contributed by atoms with E-state index in [2.05, 4.69) is 99.8 Å². The third-order valence-corrected chi connectivity index (χ3v) is 10.9. The average Bonchev–Trinajstić information content (AvgIpc) is 3.28. The number of hydrogen-bond acceptors (Lipinski definition) is 6. The summed E-state index contributed by atoms with van der Waals surface area (Å²) in [4.78, 5) is 37.9. The van der Waals surface area contributed by atoms with Gasteiger partial charge in [0, 0.05) is 19.3 Å². The largest absolute Gasteiger partial charge is 0.462 e. The number of carbonyl (C=O) groups excluding carboxylic acids is 3. The molecule has 0 fully saturated rings. The molecule has 0 aromatic carbocycles. The molecule has 0 unspecified atom stereocenters. The lowest BCUT2D eigenvalue weighted by atomic mass is 10.0. The Morgan fingerprint density at radius 1 is 0.333 bits per heavy atom. The fraction of sp³-hybridized carbons (Fsp3) is 0.702. The number of esters is 3. The highest BCUT2D eigenvalue weighted by Gasteiger charge is 2.19. The zero-order chi connectivity index (χ0) is 45.8. The first kappa shape index (κ1) is 59.6. The van der Waals surface area contributed by atoms with Gasteiger partial charge in [-0.3, -0.25) is 14.4 Å². The molecular formula is C57H96O6. The zero-order valence-corrected chi connectivity index (χ0v) is 41.1. The summed E-state index contributed by atoms with van der Waals surface area (Å²) in [5.74, 6) is -0.998. The Labute approximate surface area is 388 Å². The molecule has 0 aliphatic heterocycles. The van der Waals surface area contributed by atoms with Gasteiger partial charge in [0.25, 0.3) is 0 Å². The molecule has 0 rings (SSSR count).